The summed E-state index contributed by atoms with van der Waals surface area (Å²) in [4.78, 5) is 10.8. The summed E-state index contributed by atoms with van der Waals surface area (Å²) >= 11 is 0. The van der Waals surface area contributed by atoms with Crippen molar-refractivity contribution in [1.29, 1.82) is 0 Å². The smallest absolute Gasteiger partial charge is 0.161 e. The highest BCUT2D eigenvalue weighted by atomic mass is 16.3. The van der Waals surface area contributed by atoms with Gasteiger partial charge in [0.15, 0.2) is 5.78 Å². The number of hydrogen-bond acceptors (Lipinski definition) is 2. The van der Waals surface area contributed by atoms with Crippen LogP contribution in [0.4, 0.5) is 0 Å². The number of Topliss-reactive ketones (excluding diaryl/α,β-unsaturated/α-hetero) is 1. The van der Waals surface area contributed by atoms with Crippen LogP contribution in [0.25, 0.3) is 0 Å². The van der Waals surface area contributed by atoms with E-state index >= 15 is 0 Å². The van der Waals surface area contributed by atoms with Crippen LogP contribution in [-0.4, -0.2) is 17.0 Å². The summed E-state index contributed by atoms with van der Waals surface area (Å²) in [6, 6.07) is 0. The normalized spacial score (nSPS) is 12.6. The maximum atomic E-state index is 10.8. The Morgan fingerprint density at radius 2 is 2.40 bits per heavy atom. The average molecular weight is 142 g/mol. The lowest BCUT2D eigenvalue weighted by Gasteiger charge is -2.03. The first-order valence-electron chi connectivity index (χ1n) is 3.54. The van der Waals surface area contributed by atoms with Gasteiger partial charge in [-0.1, -0.05) is 13.0 Å². The molecule has 0 aliphatic heterocycles. The van der Waals surface area contributed by atoms with Crippen molar-refractivity contribution < 1.29 is 9.90 Å². The van der Waals surface area contributed by atoms with Gasteiger partial charge in [0.25, 0.3) is 0 Å². The van der Waals surface area contributed by atoms with Crippen molar-refractivity contribution in [1.82, 2.24) is 0 Å². The van der Waals surface area contributed by atoms with E-state index in [4.69, 9.17) is 5.11 Å². The SMILES string of the molecule is C=CCCC(=O)C(O)CC. The van der Waals surface area contributed by atoms with E-state index < -0.39 is 6.10 Å². The topological polar surface area (TPSA) is 37.3 Å². The first kappa shape index (κ1) is 9.37. The van der Waals surface area contributed by atoms with Crippen LogP contribution in [0.5, 0.6) is 0 Å². The van der Waals surface area contributed by atoms with E-state index in [0.717, 1.165) is 0 Å². The van der Waals surface area contributed by atoms with Crippen molar-refractivity contribution in [3.63, 3.8) is 0 Å². The first-order chi connectivity index (χ1) is 4.72. The molecule has 10 heavy (non-hydrogen) atoms. The van der Waals surface area contributed by atoms with Gasteiger partial charge in [-0.2, -0.15) is 0 Å². The van der Waals surface area contributed by atoms with Crippen LogP contribution >= 0.6 is 0 Å². The number of rotatable bonds is 5. The zero-order chi connectivity index (χ0) is 7.98. The summed E-state index contributed by atoms with van der Waals surface area (Å²) in [7, 11) is 0. The molecule has 0 aromatic carbocycles. The Hall–Kier alpha value is -0.630. The minimum Gasteiger partial charge on any atom is -0.385 e. The number of carbonyl (C=O) groups is 1. The maximum Gasteiger partial charge on any atom is 0.161 e. The Kier molecular flexibility index (Phi) is 4.85. The van der Waals surface area contributed by atoms with Crippen molar-refractivity contribution in [2.75, 3.05) is 0 Å². The number of hydrogen-bond donors (Lipinski definition) is 1. The molecule has 0 aliphatic carbocycles. The zero-order valence-electron chi connectivity index (χ0n) is 6.34. The van der Waals surface area contributed by atoms with Gasteiger partial charge in [0.1, 0.15) is 6.10 Å². The van der Waals surface area contributed by atoms with Crippen molar-refractivity contribution >= 4 is 5.78 Å². The fourth-order valence-electron chi connectivity index (χ4n) is 0.639. The molecule has 0 saturated heterocycles. The molecule has 0 aromatic rings. The Balaban J connectivity index is 3.51. The van der Waals surface area contributed by atoms with Crippen LogP contribution < -0.4 is 0 Å². The van der Waals surface area contributed by atoms with Crippen molar-refractivity contribution in [3.8, 4) is 0 Å². The Morgan fingerprint density at radius 1 is 1.80 bits per heavy atom. The van der Waals surface area contributed by atoms with E-state index in [1.807, 2.05) is 0 Å². The standard InChI is InChI=1S/C8H14O2/c1-3-5-6-8(10)7(9)4-2/h3,7,9H,1,4-6H2,2H3. The first-order valence-corrected chi connectivity index (χ1v) is 3.54. The van der Waals surface area contributed by atoms with Crippen LogP contribution in [-0.2, 0) is 4.79 Å². The summed E-state index contributed by atoms with van der Waals surface area (Å²) in [5, 5.41) is 8.97. The molecule has 0 aliphatic rings. The summed E-state index contributed by atoms with van der Waals surface area (Å²) in [5.41, 5.74) is 0. The third-order valence-corrected chi connectivity index (χ3v) is 1.35. The fourth-order valence-corrected chi connectivity index (χ4v) is 0.639. The van der Waals surface area contributed by atoms with Crippen LogP contribution in [0.15, 0.2) is 12.7 Å². The van der Waals surface area contributed by atoms with Gasteiger partial charge >= 0.3 is 0 Å². The molecule has 1 N–H and O–H groups in total. The summed E-state index contributed by atoms with van der Waals surface area (Å²) in [5.74, 6) is -0.0811. The van der Waals surface area contributed by atoms with Gasteiger partial charge in [-0.25, -0.2) is 0 Å². The lowest BCUT2D eigenvalue weighted by Crippen LogP contribution is -2.18. The van der Waals surface area contributed by atoms with E-state index in [-0.39, 0.29) is 5.78 Å². The van der Waals surface area contributed by atoms with Crippen molar-refractivity contribution in [2.24, 2.45) is 0 Å². The lowest BCUT2D eigenvalue weighted by atomic mass is 10.1. The molecular formula is C8H14O2. The highest BCUT2D eigenvalue weighted by Crippen LogP contribution is 1.99. The molecular weight excluding hydrogens is 128 g/mol. The second kappa shape index (κ2) is 5.18. The third kappa shape index (κ3) is 3.41. The van der Waals surface area contributed by atoms with Gasteiger partial charge in [-0.15, -0.1) is 6.58 Å². The molecule has 0 amide bonds. The summed E-state index contributed by atoms with van der Waals surface area (Å²) in [6.45, 7) is 5.27. The number of carbonyl (C=O) groups excluding carboxylic acids is 1. The Morgan fingerprint density at radius 3 is 2.80 bits per heavy atom. The number of allylic oxidation sites excluding steroid dienone is 1. The van der Waals surface area contributed by atoms with Gasteiger partial charge < -0.3 is 5.11 Å². The van der Waals surface area contributed by atoms with Gasteiger partial charge in [0.2, 0.25) is 0 Å². The molecule has 0 spiro atoms. The molecule has 2 nitrogen and oxygen atoms in total. The van der Waals surface area contributed by atoms with E-state index in [1.165, 1.54) is 0 Å². The average Bonchev–Trinajstić information content (AvgIpc) is 1.98. The van der Waals surface area contributed by atoms with Crippen molar-refractivity contribution in [2.45, 2.75) is 32.3 Å². The molecule has 1 unspecified atom stereocenters. The predicted octanol–water partition coefficient (Wildman–Crippen LogP) is 1.29. The van der Waals surface area contributed by atoms with Gasteiger partial charge in [0.05, 0.1) is 0 Å². The Labute approximate surface area is 61.6 Å². The Bertz CT molecular complexity index is 118. The fraction of sp³-hybridized carbons (Fsp3) is 0.625. The van der Waals surface area contributed by atoms with Crippen LogP contribution in [0.3, 0.4) is 0 Å². The minimum absolute atomic E-state index is 0.0811. The van der Waals surface area contributed by atoms with E-state index in [1.54, 1.807) is 13.0 Å². The molecule has 2 heteroatoms. The third-order valence-electron chi connectivity index (χ3n) is 1.35. The van der Waals surface area contributed by atoms with E-state index in [9.17, 15) is 4.79 Å². The van der Waals surface area contributed by atoms with Crippen molar-refractivity contribution in [3.05, 3.63) is 12.7 Å². The number of aliphatic hydroxyl groups is 1. The minimum atomic E-state index is -0.764. The highest BCUT2D eigenvalue weighted by molar-refractivity contribution is 5.82. The van der Waals surface area contributed by atoms with Gasteiger partial charge in [-0.3, -0.25) is 4.79 Å². The second-order valence-corrected chi connectivity index (χ2v) is 2.22. The molecule has 0 heterocycles. The van der Waals surface area contributed by atoms with Crippen LogP contribution in [0, 0.1) is 0 Å². The molecule has 0 radical (unpaired) electrons. The van der Waals surface area contributed by atoms with Gasteiger partial charge in [0, 0.05) is 6.42 Å². The van der Waals surface area contributed by atoms with Crippen LogP contribution in [0.2, 0.25) is 0 Å². The summed E-state index contributed by atoms with van der Waals surface area (Å²) in [6.07, 6.45) is 2.50. The monoisotopic (exact) mass is 142 g/mol. The zero-order valence-corrected chi connectivity index (χ0v) is 6.34. The second-order valence-electron chi connectivity index (χ2n) is 2.22. The molecule has 0 bridgehead atoms. The van der Waals surface area contributed by atoms with E-state index in [2.05, 4.69) is 6.58 Å². The molecule has 0 saturated carbocycles. The molecule has 0 rings (SSSR count). The number of aliphatic hydroxyl groups excluding tert-OH is 1. The van der Waals surface area contributed by atoms with Gasteiger partial charge in [-0.05, 0) is 12.8 Å². The highest BCUT2D eigenvalue weighted by Gasteiger charge is 2.09. The number of ketones is 1. The molecule has 0 aromatic heterocycles. The maximum absolute atomic E-state index is 10.8. The lowest BCUT2D eigenvalue weighted by molar-refractivity contribution is -0.127. The molecule has 0 fully saturated rings. The molecule has 1 atom stereocenters. The van der Waals surface area contributed by atoms with E-state index in [0.29, 0.717) is 19.3 Å². The molecule has 58 valence electrons. The predicted molar refractivity (Wildman–Crippen MR) is 40.7 cm³/mol. The quantitative estimate of drug-likeness (QED) is 0.587. The largest absolute Gasteiger partial charge is 0.385 e. The van der Waals surface area contributed by atoms with Crippen LogP contribution in [0.1, 0.15) is 26.2 Å². The summed E-state index contributed by atoms with van der Waals surface area (Å²) < 4.78 is 0.